The summed E-state index contributed by atoms with van der Waals surface area (Å²) >= 11 is 0. The van der Waals surface area contributed by atoms with Gasteiger partial charge in [-0.05, 0) is 50.4 Å². The Balaban J connectivity index is 2.04. The fourth-order valence-corrected chi connectivity index (χ4v) is 5.47. The maximum absolute atomic E-state index is 12.4. The highest BCUT2D eigenvalue weighted by Crippen LogP contribution is 2.46. The van der Waals surface area contributed by atoms with Gasteiger partial charge in [-0.2, -0.15) is 0 Å². The van der Waals surface area contributed by atoms with E-state index in [0.717, 1.165) is 19.0 Å². The molecular formula is C19H37N3O3S. The number of rotatable bonds is 8. The molecule has 0 aromatic heterocycles. The van der Waals surface area contributed by atoms with Crippen molar-refractivity contribution in [2.24, 2.45) is 16.3 Å². The monoisotopic (exact) mass is 387 g/mol. The Kier molecular flexibility index (Phi) is 7.36. The summed E-state index contributed by atoms with van der Waals surface area (Å²) in [7, 11) is -3.18. The molecule has 2 aliphatic rings. The molecule has 7 heteroatoms. The molecule has 0 atom stereocenters. The predicted molar refractivity (Wildman–Crippen MR) is 107 cm³/mol. The van der Waals surface area contributed by atoms with Crippen LogP contribution in [0.2, 0.25) is 0 Å². The molecule has 1 saturated carbocycles. The molecule has 152 valence electrons. The molecule has 1 aliphatic carbocycles. The molecule has 2 rings (SSSR count). The SMILES string of the molecule is CCNC(=NCC1(CC(C)C)CCC1)NCC1(S(C)(=O)=O)CCOCC1. The van der Waals surface area contributed by atoms with Crippen molar-refractivity contribution in [1.82, 2.24) is 10.6 Å². The number of guanidine groups is 1. The summed E-state index contributed by atoms with van der Waals surface area (Å²) in [6.07, 6.45) is 7.42. The maximum Gasteiger partial charge on any atom is 0.191 e. The third kappa shape index (κ3) is 5.35. The van der Waals surface area contributed by atoms with Gasteiger partial charge < -0.3 is 15.4 Å². The second-order valence-corrected chi connectivity index (χ2v) is 11.0. The van der Waals surface area contributed by atoms with E-state index in [4.69, 9.17) is 9.73 Å². The number of nitrogens with one attached hydrogen (secondary N) is 2. The molecule has 0 unspecified atom stereocenters. The quantitative estimate of drug-likeness (QED) is 0.494. The average Bonchev–Trinajstić information content (AvgIpc) is 2.54. The van der Waals surface area contributed by atoms with Crippen molar-refractivity contribution >= 4 is 15.8 Å². The van der Waals surface area contributed by atoms with Crippen LogP contribution in [0.3, 0.4) is 0 Å². The van der Waals surface area contributed by atoms with Crippen LogP contribution in [-0.4, -0.2) is 58.2 Å². The molecule has 0 spiro atoms. The lowest BCUT2D eigenvalue weighted by molar-refractivity contribution is 0.0756. The normalized spacial score (nSPS) is 22.7. The van der Waals surface area contributed by atoms with E-state index in [2.05, 4.69) is 24.5 Å². The van der Waals surface area contributed by atoms with E-state index < -0.39 is 14.6 Å². The van der Waals surface area contributed by atoms with Crippen LogP contribution >= 0.6 is 0 Å². The van der Waals surface area contributed by atoms with E-state index in [-0.39, 0.29) is 0 Å². The first-order valence-electron chi connectivity index (χ1n) is 10.0. The van der Waals surface area contributed by atoms with Crippen LogP contribution in [0.15, 0.2) is 4.99 Å². The Bertz CT molecular complexity index is 577. The Morgan fingerprint density at radius 3 is 2.27 bits per heavy atom. The minimum absolute atomic E-state index is 0.337. The van der Waals surface area contributed by atoms with E-state index in [1.54, 1.807) is 0 Å². The molecule has 0 aromatic rings. The summed E-state index contributed by atoms with van der Waals surface area (Å²) in [5.41, 5.74) is 0.337. The van der Waals surface area contributed by atoms with Crippen LogP contribution in [0.4, 0.5) is 0 Å². The number of aliphatic imine (C=N–C) groups is 1. The fraction of sp³-hybridized carbons (Fsp3) is 0.947. The zero-order valence-corrected chi connectivity index (χ0v) is 17.8. The first-order valence-corrected chi connectivity index (χ1v) is 11.9. The van der Waals surface area contributed by atoms with Gasteiger partial charge in [-0.25, -0.2) is 8.42 Å². The topological polar surface area (TPSA) is 79.8 Å². The van der Waals surface area contributed by atoms with Gasteiger partial charge in [0.15, 0.2) is 15.8 Å². The predicted octanol–water partition coefficient (Wildman–Crippen LogP) is 2.35. The van der Waals surface area contributed by atoms with Gasteiger partial charge in [-0.15, -0.1) is 0 Å². The van der Waals surface area contributed by atoms with E-state index in [1.807, 2.05) is 6.92 Å². The zero-order chi connectivity index (χ0) is 19.3. The Morgan fingerprint density at radius 1 is 1.15 bits per heavy atom. The molecule has 2 N–H and O–H groups in total. The summed E-state index contributed by atoms with van der Waals surface area (Å²) in [5, 5.41) is 6.59. The number of nitrogens with zero attached hydrogens (tertiary/aromatic N) is 1. The molecule has 0 radical (unpaired) electrons. The average molecular weight is 388 g/mol. The maximum atomic E-state index is 12.4. The standard InChI is InChI=1S/C19H37N3O3S/c1-5-20-17(21-14-18(7-6-8-18)13-16(2)3)22-15-19(26(4,23)24)9-11-25-12-10-19/h16H,5-15H2,1-4H3,(H2,20,21,22). The molecule has 26 heavy (non-hydrogen) atoms. The van der Waals surface area contributed by atoms with Crippen LogP contribution in [0.25, 0.3) is 0 Å². The van der Waals surface area contributed by atoms with Crippen LogP contribution < -0.4 is 10.6 Å². The number of hydrogen-bond donors (Lipinski definition) is 2. The van der Waals surface area contributed by atoms with Crippen molar-refractivity contribution in [1.29, 1.82) is 0 Å². The van der Waals surface area contributed by atoms with Gasteiger partial charge in [0.05, 0.1) is 4.75 Å². The van der Waals surface area contributed by atoms with Crippen LogP contribution in [0.1, 0.15) is 59.3 Å². The third-order valence-electron chi connectivity index (χ3n) is 5.94. The number of hydrogen-bond acceptors (Lipinski definition) is 4. The van der Waals surface area contributed by atoms with Gasteiger partial charge in [-0.1, -0.05) is 20.3 Å². The molecule has 1 saturated heterocycles. The smallest absolute Gasteiger partial charge is 0.191 e. The first-order chi connectivity index (χ1) is 12.2. The lowest BCUT2D eigenvalue weighted by atomic mass is 9.64. The van der Waals surface area contributed by atoms with Crippen LogP contribution in [-0.2, 0) is 14.6 Å². The Morgan fingerprint density at radius 2 is 1.81 bits per heavy atom. The highest BCUT2D eigenvalue weighted by molar-refractivity contribution is 7.92. The van der Waals surface area contributed by atoms with E-state index >= 15 is 0 Å². The van der Waals surface area contributed by atoms with Gasteiger partial charge in [0.2, 0.25) is 0 Å². The van der Waals surface area contributed by atoms with Gasteiger partial charge >= 0.3 is 0 Å². The molecular weight excluding hydrogens is 350 g/mol. The van der Waals surface area contributed by atoms with Crippen molar-refractivity contribution in [3.05, 3.63) is 0 Å². The van der Waals surface area contributed by atoms with E-state index in [1.165, 1.54) is 31.9 Å². The minimum atomic E-state index is -3.18. The fourth-order valence-electron chi connectivity index (χ4n) is 4.22. The summed E-state index contributed by atoms with van der Waals surface area (Å²) in [6.45, 7) is 9.54. The van der Waals surface area contributed by atoms with Crippen LogP contribution in [0, 0.1) is 11.3 Å². The second-order valence-electron chi connectivity index (χ2n) is 8.57. The zero-order valence-electron chi connectivity index (χ0n) is 16.9. The van der Waals surface area contributed by atoms with Crippen molar-refractivity contribution in [2.45, 2.75) is 64.0 Å². The lowest BCUT2D eigenvalue weighted by Gasteiger charge is -2.42. The number of sulfone groups is 1. The highest BCUT2D eigenvalue weighted by Gasteiger charge is 2.42. The summed E-state index contributed by atoms with van der Waals surface area (Å²) < 4.78 is 29.5. The van der Waals surface area contributed by atoms with Gasteiger partial charge in [0.1, 0.15) is 0 Å². The van der Waals surface area contributed by atoms with Crippen molar-refractivity contribution in [3.63, 3.8) is 0 Å². The summed E-state index contributed by atoms with van der Waals surface area (Å²) in [4.78, 5) is 4.83. The van der Waals surface area contributed by atoms with Gasteiger partial charge in [-0.3, -0.25) is 4.99 Å². The van der Waals surface area contributed by atoms with Crippen molar-refractivity contribution < 1.29 is 13.2 Å². The Labute approximate surface area is 159 Å². The van der Waals surface area contributed by atoms with Crippen molar-refractivity contribution in [3.8, 4) is 0 Å². The molecule has 1 heterocycles. The minimum Gasteiger partial charge on any atom is -0.381 e. The second kappa shape index (κ2) is 8.91. The molecule has 6 nitrogen and oxygen atoms in total. The van der Waals surface area contributed by atoms with Gasteiger partial charge in [0.25, 0.3) is 0 Å². The molecule has 0 bridgehead atoms. The third-order valence-corrected chi connectivity index (χ3v) is 8.07. The first kappa shape index (κ1) is 21.5. The summed E-state index contributed by atoms with van der Waals surface area (Å²) in [5.74, 6) is 1.41. The van der Waals surface area contributed by atoms with E-state index in [0.29, 0.717) is 43.9 Å². The number of ether oxygens (including phenoxy) is 1. The van der Waals surface area contributed by atoms with E-state index in [9.17, 15) is 8.42 Å². The lowest BCUT2D eigenvalue weighted by Crippen LogP contribution is -2.53. The molecule has 2 fully saturated rings. The largest absolute Gasteiger partial charge is 0.381 e. The Hall–Kier alpha value is -0.820. The molecule has 0 amide bonds. The summed E-state index contributed by atoms with van der Waals surface area (Å²) in [6, 6.07) is 0. The molecule has 0 aromatic carbocycles. The van der Waals surface area contributed by atoms with Crippen molar-refractivity contribution in [2.75, 3.05) is 39.1 Å². The van der Waals surface area contributed by atoms with Gasteiger partial charge in [0, 0.05) is 39.1 Å². The van der Waals surface area contributed by atoms with Crippen LogP contribution in [0.5, 0.6) is 0 Å². The highest BCUT2D eigenvalue weighted by atomic mass is 32.2. The molecule has 1 aliphatic heterocycles.